The van der Waals surface area contributed by atoms with E-state index in [1.807, 2.05) is 13.8 Å². The van der Waals surface area contributed by atoms with Gasteiger partial charge in [-0.05, 0) is 33.2 Å². The second-order valence-electron chi connectivity index (χ2n) is 5.50. The van der Waals surface area contributed by atoms with Crippen LogP contribution in [0.5, 0.6) is 0 Å². The van der Waals surface area contributed by atoms with Crippen molar-refractivity contribution in [3.63, 3.8) is 0 Å². The second kappa shape index (κ2) is 8.51. The van der Waals surface area contributed by atoms with Crippen molar-refractivity contribution >= 4 is 10.0 Å². The van der Waals surface area contributed by atoms with Gasteiger partial charge in [0.05, 0.1) is 6.20 Å². The summed E-state index contributed by atoms with van der Waals surface area (Å²) in [6, 6.07) is -0.0563. The fourth-order valence-corrected chi connectivity index (χ4v) is 3.79. The predicted molar refractivity (Wildman–Crippen MR) is 84.5 cm³/mol. The molecular weight excluding hydrogens is 288 g/mol. The summed E-state index contributed by atoms with van der Waals surface area (Å²) in [5.74, 6) is 0. The van der Waals surface area contributed by atoms with E-state index in [0.717, 1.165) is 25.7 Å². The number of hydrogen-bond acceptors (Lipinski definition) is 4. The van der Waals surface area contributed by atoms with Crippen molar-refractivity contribution in [2.24, 2.45) is 5.73 Å². The number of unbranched alkanes of at least 4 members (excludes halogenated alkanes) is 2. The van der Waals surface area contributed by atoms with Gasteiger partial charge < -0.3 is 5.73 Å². The molecule has 0 aliphatic carbocycles. The molecule has 0 aliphatic heterocycles. The molecule has 2 N–H and O–H groups in total. The molecule has 1 aromatic heterocycles. The highest BCUT2D eigenvalue weighted by Gasteiger charge is 2.27. The average molecular weight is 316 g/mol. The molecule has 7 heteroatoms. The molecule has 21 heavy (non-hydrogen) atoms. The molecule has 0 amide bonds. The highest BCUT2D eigenvalue weighted by molar-refractivity contribution is 7.89. The van der Waals surface area contributed by atoms with Gasteiger partial charge in [-0.3, -0.25) is 4.68 Å². The Bertz CT molecular complexity index is 511. The molecule has 6 nitrogen and oxygen atoms in total. The predicted octanol–water partition coefficient (Wildman–Crippen LogP) is 1.82. The molecule has 1 rings (SSSR count). The van der Waals surface area contributed by atoms with Crippen molar-refractivity contribution in [1.82, 2.24) is 14.1 Å². The van der Waals surface area contributed by atoms with Crippen LogP contribution in [0.2, 0.25) is 0 Å². The van der Waals surface area contributed by atoms with Gasteiger partial charge in [0, 0.05) is 25.3 Å². The first-order valence-electron chi connectivity index (χ1n) is 7.67. The summed E-state index contributed by atoms with van der Waals surface area (Å²) in [6.07, 6.45) is 6.81. The minimum Gasteiger partial charge on any atom is -0.330 e. The van der Waals surface area contributed by atoms with Crippen molar-refractivity contribution in [1.29, 1.82) is 0 Å². The molecule has 0 spiro atoms. The average Bonchev–Trinajstić information content (AvgIpc) is 2.90. The van der Waals surface area contributed by atoms with E-state index < -0.39 is 10.0 Å². The molecule has 0 saturated heterocycles. The maximum Gasteiger partial charge on any atom is 0.246 e. The lowest BCUT2D eigenvalue weighted by molar-refractivity contribution is 0.345. The number of hydrogen-bond donors (Lipinski definition) is 1. The summed E-state index contributed by atoms with van der Waals surface area (Å²) in [4.78, 5) is 0.268. The Morgan fingerprint density at radius 3 is 2.62 bits per heavy atom. The van der Waals surface area contributed by atoms with Crippen LogP contribution in [-0.4, -0.2) is 41.6 Å². The van der Waals surface area contributed by atoms with Crippen LogP contribution in [0.3, 0.4) is 0 Å². The highest BCUT2D eigenvalue weighted by Crippen LogP contribution is 2.18. The number of nitrogens with zero attached hydrogens (tertiary/aromatic N) is 3. The first-order chi connectivity index (χ1) is 9.93. The molecule has 1 heterocycles. The Balaban J connectivity index is 2.86. The van der Waals surface area contributed by atoms with Crippen molar-refractivity contribution in [2.75, 3.05) is 13.1 Å². The van der Waals surface area contributed by atoms with E-state index in [1.165, 1.54) is 6.20 Å². The smallest absolute Gasteiger partial charge is 0.246 e. The van der Waals surface area contributed by atoms with E-state index in [0.29, 0.717) is 19.6 Å². The Morgan fingerprint density at radius 2 is 2.05 bits per heavy atom. The third-order valence-electron chi connectivity index (χ3n) is 3.37. The lowest BCUT2D eigenvalue weighted by Crippen LogP contribution is -2.37. The fraction of sp³-hybridized carbons (Fsp3) is 0.786. The topological polar surface area (TPSA) is 81.2 Å². The zero-order valence-electron chi connectivity index (χ0n) is 13.3. The van der Waals surface area contributed by atoms with Gasteiger partial charge in [0.2, 0.25) is 10.0 Å². The van der Waals surface area contributed by atoms with Crippen LogP contribution < -0.4 is 5.73 Å². The van der Waals surface area contributed by atoms with Crippen LogP contribution in [0.1, 0.15) is 46.5 Å². The summed E-state index contributed by atoms with van der Waals surface area (Å²) in [5, 5.41) is 4.11. The Labute approximate surface area is 128 Å². The molecule has 0 radical (unpaired) electrons. The molecule has 0 aromatic carbocycles. The van der Waals surface area contributed by atoms with Gasteiger partial charge in [-0.25, -0.2) is 8.42 Å². The van der Waals surface area contributed by atoms with Crippen molar-refractivity contribution in [3.05, 3.63) is 12.4 Å². The minimum atomic E-state index is -3.47. The van der Waals surface area contributed by atoms with E-state index in [9.17, 15) is 8.42 Å². The summed E-state index contributed by atoms with van der Waals surface area (Å²) < 4.78 is 28.6. The highest BCUT2D eigenvalue weighted by atomic mass is 32.2. The number of rotatable bonds is 10. The minimum absolute atomic E-state index is 0.0563. The molecule has 1 aromatic rings. The first kappa shape index (κ1) is 18.1. The first-order valence-corrected chi connectivity index (χ1v) is 9.11. The van der Waals surface area contributed by atoms with Crippen molar-refractivity contribution < 1.29 is 8.42 Å². The molecule has 0 unspecified atom stereocenters. The van der Waals surface area contributed by atoms with E-state index in [1.54, 1.807) is 15.2 Å². The maximum atomic E-state index is 12.7. The number of aromatic nitrogens is 2. The molecule has 0 saturated carbocycles. The van der Waals surface area contributed by atoms with Crippen LogP contribution in [0.4, 0.5) is 0 Å². The maximum absolute atomic E-state index is 12.7. The Morgan fingerprint density at radius 1 is 1.33 bits per heavy atom. The molecule has 0 atom stereocenters. The van der Waals surface area contributed by atoms with Gasteiger partial charge in [0.15, 0.2) is 0 Å². The van der Waals surface area contributed by atoms with Crippen LogP contribution in [0.15, 0.2) is 17.3 Å². The Kier molecular flexibility index (Phi) is 7.34. The number of sulfonamides is 1. The molecule has 0 fully saturated rings. The van der Waals surface area contributed by atoms with Crippen molar-refractivity contribution in [3.8, 4) is 0 Å². The molecule has 0 aliphatic rings. The fourth-order valence-electron chi connectivity index (χ4n) is 2.16. The third-order valence-corrected chi connectivity index (χ3v) is 5.39. The zero-order valence-corrected chi connectivity index (χ0v) is 14.1. The zero-order chi connectivity index (χ0) is 15.9. The van der Waals surface area contributed by atoms with Gasteiger partial charge in [-0.15, -0.1) is 0 Å². The largest absolute Gasteiger partial charge is 0.330 e. The van der Waals surface area contributed by atoms with Crippen molar-refractivity contribution in [2.45, 2.75) is 63.9 Å². The van der Waals surface area contributed by atoms with Crippen LogP contribution >= 0.6 is 0 Å². The van der Waals surface area contributed by atoms with E-state index in [-0.39, 0.29) is 10.9 Å². The van der Waals surface area contributed by atoms with Gasteiger partial charge in [-0.1, -0.05) is 19.8 Å². The second-order valence-corrected chi connectivity index (χ2v) is 7.39. The SMILES string of the molecule is CCCCCN(C(C)C)S(=O)(=O)c1cnn(CCCN)c1. The molecular formula is C14H28N4O2S. The van der Waals surface area contributed by atoms with Gasteiger partial charge in [0.25, 0.3) is 0 Å². The monoisotopic (exact) mass is 316 g/mol. The van der Waals surface area contributed by atoms with Gasteiger partial charge >= 0.3 is 0 Å². The Hall–Kier alpha value is -0.920. The summed E-state index contributed by atoms with van der Waals surface area (Å²) in [6.45, 7) is 7.68. The lowest BCUT2D eigenvalue weighted by atomic mass is 10.2. The summed E-state index contributed by atoms with van der Waals surface area (Å²) in [5.41, 5.74) is 5.46. The van der Waals surface area contributed by atoms with Crippen LogP contribution in [0, 0.1) is 0 Å². The van der Waals surface area contributed by atoms with Gasteiger partial charge in [-0.2, -0.15) is 9.40 Å². The normalized spacial score (nSPS) is 12.5. The molecule has 0 bridgehead atoms. The van der Waals surface area contributed by atoms with E-state index >= 15 is 0 Å². The summed E-state index contributed by atoms with van der Waals surface area (Å²) >= 11 is 0. The van der Waals surface area contributed by atoms with Crippen LogP contribution in [-0.2, 0) is 16.6 Å². The van der Waals surface area contributed by atoms with E-state index in [4.69, 9.17) is 5.73 Å². The third kappa shape index (κ3) is 5.09. The van der Waals surface area contributed by atoms with E-state index in [2.05, 4.69) is 12.0 Å². The molecule has 122 valence electrons. The quantitative estimate of drug-likeness (QED) is 0.668. The number of nitrogens with two attached hydrogens (primary N) is 1. The van der Waals surface area contributed by atoms with Crippen LogP contribution in [0.25, 0.3) is 0 Å². The standard InChI is InChI=1S/C14H28N4O2S/c1-4-5-6-10-18(13(2)3)21(19,20)14-11-16-17(12-14)9-7-8-15/h11-13H,4-10,15H2,1-3H3. The lowest BCUT2D eigenvalue weighted by Gasteiger charge is -2.25. The summed E-state index contributed by atoms with van der Waals surface area (Å²) in [7, 11) is -3.47. The number of aryl methyl sites for hydroxylation is 1. The van der Waals surface area contributed by atoms with Gasteiger partial charge in [0.1, 0.15) is 4.90 Å².